The molecule has 0 fully saturated rings. The van der Waals surface area contributed by atoms with Crippen molar-refractivity contribution in [3.05, 3.63) is 30.0 Å². The summed E-state index contributed by atoms with van der Waals surface area (Å²) < 4.78 is 35.4. The van der Waals surface area contributed by atoms with Crippen LogP contribution in [-0.4, -0.2) is 42.2 Å². The van der Waals surface area contributed by atoms with Gasteiger partial charge in [-0.15, -0.1) is 0 Å². The van der Waals surface area contributed by atoms with Crippen molar-refractivity contribution in [2.24, 2.45) is 0 Å². The van der Waals surface area contributed by atoms with E-state index in [9.17, 15) is 18.4 Å². The van der Waals surface area contributed by atoms with Gasteiger partial charge in [-0.05, 0) is 51.5 Å². The molecule has 0 unspecified atom stereocenters. The molecule has 25 heavy (non-hydrogen) atoms. The number of amides is 1. The molecule has 0 aromatic carbocycles. The average molecular weight is 356 g/mol. The molecule has 8 heteroatoms. The molecular formula is C17H22F2N2O4. The highest BCUT2D eigenvalue weighted by atomic mass is 19.3. The predicted octanol–water partition coefficient (Wildman–Crippen LogP) is 3.66. The third-order valence-corrected chi connectivity index (χ3v) is 2.68. The van der Waals surface area contributed by atoms with E-state index in [2.05, 4.69) is 4.98 Å². The van der Waals surface area contributed by atoms with Crippen molar-refractivity contribution in [3.63, 3.8) is 0 Å². The Labute approximate surface area is 145 Å². The van der Waals surface area contributed by atoms with E-state index in [4.69, 9.17) is 9.47 Å². The lowest BCUT2D eigenvalue weighted by Crippen LogP contribution is -2.40. The van der Waals surface area contributed by atoms with E-state index >= 15 is 0 Å². The largest absolute Gasteiger partial charge is 0.463 e. The normalized spacial score (nSPS) is 11.6. The van der Waals surface area contributed by atoms with E-state index in [1.807, 2.05) is 0 Å². The van der Waals surface area contributed by atoms with Gasteiger partial charge in [0.2, 0.25) is 0 Å². The van der Waals surface area contributed by atoms with Gasteiger partial charge in [-0.25, -0.2) is 23.4 Å². The molecule has 0 saturated heterocycles. The van der Waals surface area contributed by atoms with Gasteiger partial charge in [0.25, 0.3) is 6.43 Å². The first-order chi connectivity index (χ1) is 11.6. The summed E-state index contributed by atoms with van der Waals surface area (Å²) in [5.74, 6) is -0.470. The lowest BCUT2D eigenvalue weighted by atomic mass is 10.2. The zero-order valence-corrected chi connectivity index (χ0v) is 14.7. The zero-order valence-electron chi connectivity index (χ0n) is 14.7. The second-order valence-corrected chi connectivity index (χ2v) is 6.02. The zero-order chi connectivity index (χ0) is 19.0. The van der Waals surface area contributed by atoms with E-state index in [0.717, 1.165) is 4.90 Å². The van der Waals surface area contributed by atoms with Crippen LogP contribution >= 0.6 is 0 Å². The summed E-state index contributed by atoms with van der Waals surface area (Å²) in [6.45, 7) is 6.04. The quantitative estimate of drug-likeness (QED) is 0.575. The predicted molar refractivity (Wildman–Crippen MR) is 89.5 cm³/mol. The van der Waals surface area contributed by atoms with Gasteiger partial charge in [0.1, 0.15) is 11.4 Å². The van der Waals surface area contributed by atoms with Crippen molar-refractivity contribution in [3.8, 4) is 0 Å². The molecule has 0 aliphatic rings. The fourth-order valence-corrected chi connectivity index (χ4v) is 1.73. The number of hydrogen-bond donors (Lipinski definition) is 0. The molecule has 138 valence electrons. The molecule has 0 aliphatic heterocycles. The summed E-state index contributed by atoms with van der Waals surface area (Å²) >= 11 is 0. The number of halogens is 2. The molecule has 0 saturated carbocycles. The molecule has 0 bridgehead atoms. The van der Waals surface area contributed by atoms with Gasteiger partial charge in [0.15, 0.2) is 0 Å². The number of ether oxygens (including phenoxy) is 2. The minimum atomic E-state index is -2.74. The Morgan fingerprint density at radius 3 is 2.48 bits per heavy atom. The molecule has 1 aromatic heterocycles. The molecule has 1 heterocycles. The van der Waals surface area contributed by atoms with Crippen LogP contribution < -0.4 is 4.90 Å². The number of carbonyl (C=O) groups excluding carboxylic acids is 2. The molecule has 0 N–H and O–H groups in total. The number of rotatable bonds is 6. The van der Waals surface area contributed by atoms with Gasteiger partial charge in [-0.3, -0.25) is 4.90 Å². The first-order valence-corrected chi connectivity index (χ1v) is 7.72. The molecule has 0 aliphatic carbocycles. The smallest absolute Gasteiger partial charge is 0.416 e. The molecule has 1 rings (SSSR count). The van der Waals surface area contributed by atoms with Crippen LogP contribution in [-0.2, 0) is 14.3 Å². The van der Waals surface area contributed by atoms with Crippen LogP contribution in [0.25, 0.3) is 6.08 Å². The van der Waals surface area contributed by atoms with Crippen LogP contribution in [0.5, 0.6) is 0 Å². The van der Waals surface area contributed by atoms with Crippen LogP contribution in [0.4, 0.5) is 19.4 Å². The molecule has 0 atom stereocenters. The Kier molecular flexibility index (Phi) is 7.47. The summed E-state index contributed by atoms with van der Waals surface area (Å²) in [7, 11) is 0. The number of pyridine rings is 1. The van der Waals surface area contributed by atoms with E-state index < -0.39 is 30.6 Å². The Bertz CT molecular complexity index is 610. The van der Waals surface area contributed by atoms with Gasteiger partial charge in [0.05, 0.1) is 13.2 Å². The van der Waals surface area contributed by atoms with Crippen LogP contribution in [0, 0.1) is 0 Å². The van der Waals surface area contributed by atoms with Gasteiger partial charge >= 0.3 is 12.1 Å². The Morgan fingerprint density at radius 2 is 2.00 bits per heavy atom. The maximum Gasteiger partial charge on any atom is 0.416 e. The second-order valence-electron chi connectivity index (χ2n) is 6.02. The van der Waals surface area contributed by atoms with E-state index in [0.29, 0.717) is 5.56 Å². The van der Waals surface area contributed by atoms with Crippen molar-refractivity contribution in [1.29, 1.82) is 0 Å². The maximum absolute atomic E-state index is 12.8. The molecule has 0 radical (unpaired) electrons. The summed E-state index contributed by atoms with van der Waals surface area (Å²) in [6.07, 6.45) is 0.409. The SMILES string of the molecule is CCOC(=O)/C=C/c1ccc(N(CC(F)F)C(=O)OC(C)(C)C)nc1. The number of alkyl halides is 2. The molecule has 1 aromatic rings. The lowest BCUT2D eigenvalue weighted by Gasteiger charge is -2.26. The van der Waals surface area contributed by atoms with Crippen LogP contribution in [0.15, 0.2) is 24.4 Å². The number of anilines is 1. The van der Waals surface area contributed by atoms with Crippen molar-refractivity contribution in [2.75, 3.05) is 18.1 Å². The molecule has 6 nitrogen and oxygen atoms in total. The summed E-state index contributed by atoms with van der Waals surface area (Å²) in [4.78, 5) is 28.1. The first-order valence-electron chi connectivity index (χ1n) is 7.72. The topological polar surface area (TPSA) is 68.7 Å². The third kappa shape index (κ3) is 7.73. The summed E-state index contributed by atoms with van der Waals surface area (Å²) in [5, 5.41) is 0. The van der Waals surface area contributed by atoms with Crippen molar-refractivity contribution >= 4 is 24.0 Å². The third-order valence-electron chi connectivity index (χ3n) is 2.68. The van der Waals surface area contributed by atoms with Crippen LogP contribution in [0.1, 0.15) is 33.3 Å². The van der Waals surface area contributed by atoms with Crippen LogP contribution in [0.3, 0.4) is 0 Å². The number of aromatic nitrogens is 1. The Hall–Kier alpha value is -2.51. The highest BCUT2D eigenvalue weighted by molar-refractivity contribution is 5.88. The minimum absolute atomic E-state index is 0.0304. The maximum atomic E-state index is 12.8. The fourth-order valence-electron chi connectivity index (χ4n) is 1.73. The second kappa shape index (κ2) is 9.10. The number of nitrogens with zero attached hydrogens (tertiary/aromatic N) is 2. The van der Waals surface area contributed by atoms with Crippen molar-refractivity contribution in [1.82, 2.24) is 4.98 Å². The lowest BCUT2D eigenvalue weighted by molar-refractivity contribution is -0.137. The van der Waals surface area contributed by atoms with E-state index in [1.165, 1.54) is 24.4 Å². The van der Waals surface area contributed by atoms with Gasteiger partial charge < -0.3 is 9.47 Å². The number of carbonyl (C=O) groups is 2. The van der Waals surface area contributed by atoms with E-state index in [1.54, 1.807) is 33.8 Å². The van der Waals surface area contributed by atoms with Gasteiger partial charge in [0, 0.05) is 12.3 Å². The fraction of sp³-hybridized carbons (Fsp3) is 0.471. The highest BCUT2D eigenvalue weighted by Crippen LogP contribution is 2.18. The highest BCUT2D eigenvalue weighted by Gasteiger charge is 2.26. The monoisotopic (exact) mass is 356 g/mol. The van der Waals surface area contributed by atoms with Crippen LogP contribution in [0.2, 0.25) is 0 Å². The summed E-state index contributed by atoms with van der Waals surface area (Å²) in [6, 6.07) is 2.94. The molecular weight excluding hydrogens is 334 g/mol. The molecule has 1 amide bonds. The standard InChI is InChI=1S/C17H22F2N2O4/c1-5-24-15(22)9-7-12-6-8-14(20-10-12)21(11-13(18)19)16(23)25-17(2,3)4/h6-10,13H,5,11H2,1-4H3/b9-7+. The Morgan fingerprint density at radius 1 is 1.32 bits per heavy atom. The summed E-state index contributed by atoms with van der Waals surface area (Å²) in [5.41, 5.74) is -0.266. The first kappa shape index (κ1) is 20.5. The Balaban J connectivity index is 2.92. The number of hydrogen-bond acceptors (Lipinski definition) is 5. The van der Waals surface area contributed by atoms with Crippen molar-refractivity contribution < 1.29 is 27.8 Å². The number of esters is 1. The molecule has 0 spiro atoms. The van der Waals surface area contributed by atoms with Gasteiger partial charge in [-0.1, -0.05) is 0 Å². The van der Waals surface area contributed by atoms with Gasteiger partial charge in [-0.2, -0.15) is 0 Å². The minimum Gasteiger partial charge on any atom is -0.463 e. The van der Waals surface area contributed by atoms with E-state index in [-0.39, 0.29) is 12.4 Å². The average Bonchev–Trinajstić information content (AvgIpc) is 2.49. The van der Waals surface area contributed by atoms with Crippen molar-refractivity contribution in [2.45, 2.75) is 39.7 Å².